The van der Waals surface area contributed by atoms with Gasteiger partial charge in [-0.1, -0.05) is 6.92 Å². The molecule has 7 heteroatoms. The summed E-state index contributed by atoms with van der Waals surface area (Å²) in [4.78, 5) is 8.68. The van der Waals surface area contributed by atoms with Crippen molar-refractivity contribution in [3.05, 3.63) is 23.8 Å². The number of ether oxygens (including phenoxy) is 1. The lowest BCUT2D eigenvalue weighted by Gasteiger charge is -2.11. The van der Waals surface area contributed by atoms with Crippen LogP contribution in [0.4, 0.5) is 5.82 Å². The minimum Gasteiger partial charge on any atom is -0.435 e. The van der Waals surface area contributed by atoms with E-state index in [1.165, 1.54) is 0 Å². The van der Waals surface area contributed by atoms with Crippen LogP contribution in [0.25, 0.3) is 0 Å². The Balaban J connectivity index is 2.31. The van der Waals surface area contributed by atoms with Gasteiger partial charge in [-0.05, 0) is 20.8 Å². The molecule has 2 aromatic heterocycles. The number of aromatic nitrogens is 4. The fraction of sp³-hybridized carbons (Fsp3) is 0.462. The smallest absolute Gasteiger partial charge is 0.227 e. The molecule has 0 saturated heterocycles. The second-order valence-corrected chi connectivity index (χ2v) is 4.77. The lowest BCUT2D eigenvalue weighted by molar-refractivity contribution is 0.451. The zero-order valence-electron chi connectivity index (χ0n) is 12.2. The van der Waals surface area contributed by atoms with Crippen LogP contribution in [0.3, 0.4) is 0 Å². The van der Waals surface area contributed by atoms with Crippen LogP contribution in [-0.2, 0) is 6.42 Å². The molecule has 0 radical (unpaired) electrons. The summed E-state index contributed by atoms with van der Waals surface area (Å²) in [5.74, 6) is 7.85. The first-order chi connectivity index (χ1) is 9.55. The summed E-state index contributed by atoms with van der Waals surface area (Å²) >= 11 is 0. The second-order valence-electron chi connectivity index (χ2n) is 4.77. The van der Waals surface area contributed by atoms with E-state index in [4.69, 9.17) is 10.6 Å². The lowest BCUT2D eigenvalue weighted by atomic mass is 10.3. The van der Waals surface area contributed by atoms with Crippen molar-refractivity contribution in [3.63, 3.8) is 0 Å². The molecule has 20 heavy (non-hydrogen) atoms. The van der Waals surface area contributed by atoms with E-state index in [2.05, 4.69) is 34.3 Å². The number of nitrogen functional groups attached to an aromatic ring is 1. The van der Waals surface area contributed by atoms with Gasteiger partial charge in [0.05, 0.1) is 18.0 Å². The van der Waals surface area contributed by atoms with E-state index in [0.29, 0.717) is 29.7 Å². The molecular weight excluding hydrogens is 256 g/mol. The van der Waals surface area contributed by atoms with E-state index in [1.54, 1.807) is 6.20 Å². The molecule has 0 aliphatic rings. The summed E-state index contributed by atoms with van der Waals surface area (Å²) in [7, 11) is 0. The van der Waals surface area contributed by atoms with E-state index in [9.17, 15) is 0 Å². The minimum atomic E-state index is 0.284. The van der Waals surface area contributed by atoms with E-state index in [0.717, 1.165) is 5.56 Å². The highest BCUT2D eigenvalue weighted by atomic mass is 16.5. The second kappa shape index (κ2) is 5.87. The van der Waals surface area contributed by atoms with Gasteiger partial charge in [0, 0.05) is 12.5 Å². The summed E-state index contributed by atoms with van der Waals surface area (Å²) < 4.78 is 7.62. The number of rotatable bonds is 5. The van der Waals surface area contributed by atoms with Crippen LogP contribution in [0, 0.1) is 6.92 Å². The molecule has 0 aliphatic heterocycles. The van der Waals surface area contributed by atoms with Gasteiger partial charge in [0.25, 0.3) is 0 Å². The van der Waals surface area contributed by atoms with Gasteiger partial charge < -0.3 is 10.2 Å². The van der Waals surface area contributed by atoms with Gasteiger partial charge >= 0.3 is 0 Å². The van der Waals surface area contributed by atoms with E-state index in [1.807, 2.05) is 24.7 Å². The average Bonchev–Trinajstić information content (AvgIpc) is 2.90. The van der Waals surface area contributed by atoms with E-state index < -0.39 is 0 Å². The molecule has 0 aliphatic carbocycles. The topological polar surface area (TPSA) is 90.9 Å². The first-order valence-corrected chi connectivity index (χ1v) is 6.61. The zero-order chi connectivity index (χ0) is 14.7. The third-order valence-electron chi connectivity index (χ3n) is 2.92. The third kappa shape index (κ3) is 2.88. The van der Waals surface area contributed by atoms with Gasteiger partial charge in [-0.2, -0.15) is 10.1 Å². The van der Waals surface area contributed by atoms with Crippen molar-refractivity contribution >= 4 is 5.82 Å². The van der Waals surface area contributed by atoms with Crippen molar-refractivity contribution in [2.45, 2.75) is 40.2 Å². The van der Waals surface area contributed by atoms with Crippen LogP contribution < -0.4 is 16.0 Å². The van der Waals surface area contributed by atoms with Gasteiger partial charge in [0.1, 0.15) is 11.6 Å². The Morgan fingerprint density at radius 2 is 2.15 bits per heavy atom. The SMILES string of the molecule is CCc1nc(NN)c(C)c(Oc2cnn(C(C)C)c2)n1. The summed E-state index contributed by atoms with van der Waals surface area (Å²) in [6.07, 6.45) is 4.21. The van der Waals surface area contributed by atoms with Gasteiger partial charge in [0.2, 0.25) is 5.88 Å². The fourth-order valence-corrected chi connectivity index (χ4v) is 1.71. The number of hydrogen-bond acceptors (Lipinski definition) is 6. The molecule has 2 aromatic rings. The molecule has 0 bridgehead atoms. The van der Waals surface area contributed by atoms with Crippen molar-refractivity contribution in [2.75, 3.05) is 5.43 Å². The van der Waals surface area contributed by atoms with Gasteiger partial charge in [0.15, 0.2) is 5.75 Å². The maximum Gasteiger partial charge on any atom is 0.227 e. The van der Waals surface area contributed by atoms with E-state index >= 15 is 0 Å². The summed E-state index contributed by atoms with van der Waals surface area (Å²) in [5.41, 5.74) is 3.33. The predicted octanol–water partition coefficient (Wildman–Crippen LogP) is 2.20. The summed E-state index contributed by atoms with van der Waals surface area (Å²) in [6.45, 7) is 7.94. The number of nitrogens with two attached hydrogens (primary N) is 1. The van der Waals surface area contributed by atoms with Crippen molar-refractivity contribution in [1.29, 1.82) is 0 Å². The summed E-state index contributed by atoms with van der Waals surface area (Å²) in [5, 5.41) is 4.23. The third-order valence-corrected chi connectivity index (χ3v) is 2.92. The molecule has 0 amide bonds. The normalized spacial score (nSPS) is 10.9. The highest BCUT2D eigenvalue weighted by molar-refractivity contribution is 5.48. The number of hydrazine groups is 1. The van der Waals surface area contributed by atoms with Gasteiger partial charge in [-0.25, -0.2) is 10.8 Å². The largest absolute Gasteiger partial charge is 0.435 e. The molecule has 0 spiro atoms. The first kappa shape index (κ1) is 14.3. The Labute approximate surface area is 118 Å². The van der Waals surface area contributed by atoms with Crippen molar-refractivity contribution < 1.29 is 4.74 Å². The highest BCUT2D eigenvalue weighted by Gasteiger charge is 2.13. The quantitative estimate of drug-likeness (QED) is 0.642. The Morgan fingerprint density at radius 1 is 1.40 bits per heavy atom. The number of aryl methyl sites for hydroxylation is 1. The predicted molar refractivity (Wildman–Crippen MR) is 76.6 cm³/mol. The van der Waals surface area contributed by atoms with Crippen molar-refractivity contribution in [3.8, 4) is 11.6 Å². The van der Waals surface area contributed by atoms with Crippen LogP contribution in [0.5, 0.6) is 11.6 Å². The monoisotopic (exact) mass is 276 g/mol. The average molecular weight is 276 g/mol. The van der Waals surface area contributed by atoms with Crippen molar-refractivity contribution in [1.82, 2.24) is 19.7 Å². The fourth-order valence-electron chi connectivity index (χ4n) is 1.71. The Kier molecular flexibility index (Phi) is 4.19. The van der Waals surface area contributed by atoms with Crippen LogP contribution in [-0.4, -0.2) is 19.7 Å². The first-order valence-electron chi connectivity index (χ1n) is 6.61. The van der Waals surface area contributed by atoms with Crippen LogP contribution in [0.2, 0.25) is 0 Å². The number of hydrogen-bond donors (Lipinski definition) is 2. The Morgan fingerprint density at radius 3 is 2.70 bits per heavy atom. The van der Waals surface area contributed by atoms with Gasteiger partial charge in [-0.3, -0.25) is 4.68 Å². The molecular formula is C13H20N6O. The number of nitrogens with zero attached hydrogens (tertiary/aromatic N) is 4. The maximum atomic E-state index is 5.79. The molecule has 108 valence electrons. The molecule has 0 fully saturated rings. The molecule has 2 heterocycles. The maximum absolute atomic E-state index is 5.79. The Bertz CT molecular complexity index is 593. The standard InChI is InChI=1S/C13H20N6O/c1-5-11-16-12(18-14)9(4)13(17-11)20-10-6-15-19(7-10)8(2)3/h6-8H,5,14H2,1-4H3,(H,16,17,18). The lowest BCUT2D eigenvalue weighted by Crippen LogP contribution is -2.13. The van der Waals surface area contributed by atoms with Crippen LogP contribution in [0.15, 0.2) is 12.4 Å². The molecule has 0 saturated carbocycles. The molecule has 3 N–H and O–H groups in total. The summed E-state index contributed by atoms with van der Waals surface area (Å²) in [6, 6.07) is 0.284. The molecule has 0 atom stereocenters. The zero-order valence-corrected chi connectivity index (χ0v) is 12.2. The minimum absolute atomic E-state index is 0.284. The molecule has 0 unspecified atom stereocenters. The van der Waals surface area contributed by atoms with Crippen molar-refractivity contribution in [2.24, 2.45) is 5.84 Å². The van der Waals surface area contributed by atoms with Crippen LogP contribution in [0.1, 0.15) is 38.2 Å². The number of anilines is 1. The van der Waals surface area contributed by atoms with Gasteiger partial charge in [-0.15, -0.1) is 0 Å². The highest BCUT2D eigenvalue weighted by Crippen LogP contribution is 2.27. The van der Waals surface area contributed by atoms with Crippen LogP contribution >= 0.6 is 0 Å². The molecule has 0 aromatic carbocycles. The van der Waals surface area contributed by atoms with E-state index in [-0.39, 0.29) is 6.04 Å². The number of nitrogens with one attached hydrogen (secondary N) is 1. The Hall–Kier alpha value is -2.15. The molecule has 7 nitrogen and oxygen atoms in total. The molecule has 2 rings (SSSR count).